The Morgan fingerprint density at radius 3 is 2.53 bits per heavy atom. The molecule has 5 atom stereocenters. The molecule has 7 aliphatic heterocycles. The van der Waals surface area contributed by atoms with Crippen molar-refractivity contribution in [3.63, 3.8) is 0 Å². The molecule has 5 amide bonds. The van der Waals surface area contributed by atoms with Crippen molar-refractivity contribution in [1.82, 2.24) is 45.2 Å². The molecule has 20 heteroatoms. The zero-order valence-corrected chi connectivity index (χ0v) is 42.6. The largest absolute Gasteiger partial charge is 0.461 e. The Hall–Kier alpha value is -7.60. The van der Waals surface area contributed by atoms with E-state index in [1.807, 2.05) is 0 Å². The lowest BCUT2D eigenvalue weighted by atomic mass is 9.94. The van der Waals surface area contributed by atoms with E-state index in [0.29, 0.717) is 78.9 Å². The van der Waals surface area contributed by atoms with Crippen molar-refractivity contribution < 1.29 is 42.2 Å². The topological polar surface area (TPSA) is 195 Å². The Balaban J connectivity index is 0.649. The van der Waals surface area contributed by atoms with Crippen LogP contribution in [0.4, 0.5) is 25.1 Å². The van der Waals surface area contributed by atoms with E-state index in [4.69, 9.17) is 25.9 Å². The molecule has 0 spiro atoms. The van der Waals surface area contributed by atoms with Crippen LogP contribution in [0.15, 0.2) is 66.9 Å². The molecule has 18 nitrogen and oxygen atoms in total. The number of ether oxygens (including phenoxy) is 2. The molecule has 2 bridgehead atoms. The summed E-state index contributed by atoms with van der Waals surface area (Å²) in [6.45, 7) is 10.8. The maximum atomic E-state index is 17.2. The molecule has 0 saturated carbocycles. The highest BCUT2D eigenvalue weighted by Gasteiger charge is 2.52. The standard InChI is InChI=1S/C57H59F2N11O7/c1-3-39-44(58)14-9-34-7-6-8-41(47(34)39)49-48(59)50-43(27-61-49)51(68-29-36-10-11-37(30-68)62-36)65-55(64-50)77-32-57-18-17-38(69(57)28-33(2)26-57)31-76-56(75)67-23-21-66(22-24-67)20-5-4-19-60-35-12-13-40-42(25-35)54(74)70(53(40)73)45-15-16-46(71)63-52(45)72/h1,6-9,12-14,25,27,36-38,45,60,62H,2,4-5,10-11,15-24,26,28-32H2,(H,63,71,72)/t36?,37?,38-,45?,57?/m0/s1. The van der Waals surface area contributed by atoms with Gasteiger partial charge in [0.2, 0.25) is 11.8 Å². The lowest BCUT2D eigenvalue weighted by Crippen LogP contribution is -2.54. The summed E-state index contributed by atoms with van der Waals surface area (Å²) in [6, 6.07) is 12.7. The van der Waals surface area contributed by atoms with Crippen molar-refractivity contribution in [1.29, 1.82) is 0 Å². The molecule has 7 aliphatic rings. The second-order valence-corrected chi connectivity index (χ2v) is 21.5. The van der Waals surface area contributed by atoms with Crippen LogP contribution in [-0.2, 0) is 14.3 Å². The second kappa shape index (κ2) is 20.4. The molecule has 4 unspecified atom stereocenters. The number of pyridine rings is 1. The number of terminal acetylenes is 1. The average molecular weight is 1050 g/mol. The molecule has 398 valence electrons. The van der Waals surface area contributed by atoms with Gasteiger partial charge >= 0.3 is 12.1 Å². The normalized spacial score (nSPS) is 24.4. The van der Waals surface area contributed by atoms with Gasteiger partial charge in [-0.05, 0) is 87.6 Å². The minimum atomic E-state index is -1.01. The van der Waals surface area contributed by atoms with Crippen LogP contribution in [0.5, 0.6) is 6.01 Å². The summed E-state index contributed by atoms with van der Waals surface area (Å²) in [4.78, 5) is 87.8. The number of piperazine rings is 2. The Morgan fingerprint density at radius 2 is 1.74 bits per heavy atom. The van der Waals surface area contributed by atoms with Crippen LogP contribution in [-0.4, -0.2) is 166 Å². The van der Waals surface area contributed by atoms with Gasteiger partial charge in [-0.2, -0.15) is 9.97 Å². The maximum Gasteiger partial charge on any atom is 0.409 e. The van der Waals surface area contributed by atoms with Crippen molar-refractivity contribution in [2.45, 2.75) is 87.5 Å². The van der Waals surface area contributed by atoms with Gasteiger partial charge in [-0.1, -0.05) is 42.3 Å². The smallest absolute Gasteiger partial charge is 0.409 e. The number of carbonyl (C=O) groups excluding carboxylic acids is 5. The van der Waals surface area contributed by atoms with E-state index < -0.39 is 46.8 Å². The van der Waals surface area contributed by atoms with Gasteiger partial charge in [0.25, 0.3) is 11.8 Å². The summed E-state index contributed by atoms with van der Waals surface area (Å²) in [7, 11) is 0. The zero-order valence-electron chi connectivity index (χ0n) is 42.6. The SMILES string of the molecule is C#Cc1c(F)ccc2cccc(-c3ncc4c(N5CC6CCC(C5)N6)nc(OCC56CC[C@@H](COC(=O)N7CCN(CCCCNc8ccc9c(c8)C(=O)N(C8CCC(=O)NC8=O)C9=O)CC7)N5CC(=C)C6)nc4c3F)c12. The highest BCUT2D eigenvalue weighted by molar-refractivity contribution is 6.23. The number of imide groups is 2. The Kier molecular flexibility index (Phi) is 13.3. The van der Waals surface area contributed by atoms with Crippen LogP contribution in [0.3, 0.4) is 0 Å². The van der Waals surface area contributed by atoms with Gasteiger partial charge in [0, 0.05) is 99.7 Å². The number of aromatic nitrogens is 3. The molecule has 3 N–H and O–H groups in total. The number of nitrogens with one attached hydrogen (secondary N) is 3. The van der Waals surface area contributed by atoms with Crippen molar-refractivity contribution in [3.8, 4) is 29.6 Å². The third-order valence-electron chi connectivity index (χ3n) is 16.7. The van der Waals surface area contributed by atoms with Crippen molar-refractivity contribution in [2.75, 3.05) is 82.3 Å². The first kappa shape index (κ1) is 50.2. The molecule has 6 saturated heterocycles. The number of carbonyl (C=O) groups is 5. The van der Waals surface area contributed by atoms with E-state index >= 15 is 8.78 Å². The van der Waals surface area contributed by atoms with Gasteiger partial charge in [0.15, 0.2) is 5.82 Å². The summed E-state index contributed by atoms with van der Waals surface area (Å²) in [5.41, 5.74) is 2.19. The quantitative estimate of drug-likeness (QED) is 0.0536. The fraction of sp³-hybridized carbons (Fsp3) is 0.439. The van der Waals surface area contributed by atoms with Crippen molar-refractivity contribution >= 4 is 62.9 Å². The van der Waals surface area contributed by atoms with E-state index in [9.17, 15) is 24.0 Å². The van der Waals surface area contributed by atoms with Crippen LogP contribution < -0.4 is 25.6 Å². The van der Waals surface area contributed by atoms with Crippen LogP contribution in [0.1, 0.15) is 84.1 Å². The van der Waals surface area contributed by atoms with E-state index in [2.05, 4.69) is 48.1 Å². The van der Waals surface area contributed by atoms with Crippen LogP contribution in [0.2, 0.25) is 0 Å². The molecule has 3 aromatic carbocycles. The summed E-state index contributed by atoms with van der Waals surface area (Å²) >= 11 is 0. The van der Waals surface area contributed by atoms with Gasteiger partial charge in [0.05, 0.1) is 27.6 Å². The minimum absolute atomic E-state index is 0.00533. The summed E-state index contributed by atoms with van der Waals surface area (Å²) in [5.74, 6) is -0.393. The number of amides is 5. The number of rotatable bonds is 14. The molecule has 12 rings (SSSR count). The Labute approximate surface area is 443 Å². The van der Waals surface area contributed by atoms with E-state index in [-0.39, 0.29) is 84.2 Å². The van der Waals surface area contributed by atoms with Gasteiger partial charge in [-0.3, -0.25) is 44.2 Å². The molecule has 77 heavy (non-hydrogen) atoms. The third kappa shape index (κ3) is 9.37. The van der Waals surface area contributed by atoms with Crippen LogP contribution in [0.25, 0.3) is 32.9 Å². The van der Waals surface area contributed by atoms with E-state index in [1.165, 1.54) is 6.07 Å². The lowest BCUT2D eigenvalue weighted by molar-refractivity contribution is -0.136. The number of hydrogen-bond acceptors (Lipinski definition) is 15. The van der Waals surface area contributed by atoms with Crippen LogP contribution in [0, 0.1) is 24.0 Å². The number of hydrogen-bond donors (Lipinski definition) is 3. The fourth-order valence-electron chi connectivity index (χ4n) is 12.8. The number of fused-ring (bicyclic) bond motifs is 6. The summed E-state index contributed by atoms with van der Waals surface area (Å²) < 4.78 is 44.9. The number of anilines is 2. The average Bonchev–Trinajstić information content (AvgIpc) is 4.21. The zero-order chi connectivity index (χ0) is 53.1. The van der Waals surface area contributed by atoms with Crippen molar-refractivity contribution in [2.24, 2.45) is 0 Å². The molecule has 0 aliphatic carbocycles. The monoisotopic (exact) mass is 1050 g/mol. The first-order chi connectivity index (χ1) is 37.3. The summed E-state index contributed by atoms with van der Waals surface area (Å²) in [5, 5.41) is 10.7. The van der Waals surface area contributed by atoms with Gasteiger partial charge in [-0.15, -0.1) is 6.42 Å². The number of unbranched alkanes of at least 4 members (excludes halogenated alkanes) is 1. The van der Waals surface area contributed by atoms with Gasteiger partial charge < -0.3 is 29.9 Å². The molecule has 9 heterocycles. The van der Waals surface area contributed by atoms with Crippen molar-refractivity contribution in [3.05, 3.63) is 95.2 Å². The van der Waals surface area contributed by atoms with E-state index in [1.54, 1.807) is 53.6 Å². The Bertz CT molecular complexity index is 3310. The first-order valence-electron chi connectivity index (χ1n) is 26.7. The molecular weight excluding hydrogens is 989 g/mol. The maximum absolute atomic E-state index is 17.2. The number of benzene rings is 3. The van der Waals surface area contributed by atoms with Crippen LogP contribution >= 0.6 is 0 Å². The molecule has 5 aromatic rings. The lowest BCUT2D eigenvalue weighted by Gasteiger charge is -2.36. The number of nitrogens with zero attached hydrogens (tertiary/aromatic N) is 8. The molecule has 6 fully saturated rings. The predicted octanol–water partition coefficient (Wildman–Crippen LogP) is 5.63. The number of piperidine rings is 1. The highest BCUT2D eigenvalue weighted by atomic mass is 19.1. The minimum Gasteiger partial charge on any atom is -0.461 e. The number of halogens is 2. The van der Waals surface area contributed by atoms with E-state index in [0.717, 1.165) is 68.6 Å². The predicted molar refractivity (Wildman–Crippen MR) is 282 cm³/mol. The molecule has 2 aromatic heterocycles. The third-order valence-corrected chi connectivity index (χ3v) is 16.7. The molecular formula is C57H59F2N11O7. The highest BCUT2D eigenvalue weighted by Crippen LogP contribution is 2.45. The first-order valence-corrected chi connectivity index (χ1v) is 26.7. The second-order valence-electron chi connectivity index (χ2n) is 21.5. The molecule has 0 radical (unpaired) electrons. The van der Waals surface area contributed by atoms with Gasteiger partial charge in [-0.25, -0.2) is 13.6 Å². The van der Waals surface area contributed by atoms with Gasteiger partial charge in [0.1, 0.15) is 42.1 Å². The summed E-state index contributed by atoms with van der Waals surface area (Å²) in [6.07, 6.45) is 13.3. The fourth-order valence-corrected chi connectivity index (χ4v) is 12.8. The Morgan fingerprint density at radius 1 is 0.935 bits per heavy atom.